The van der Waals surface area contributed by atoms with Crippen LogP contribution < -0.4 is 5.32 Å². The zero-order valence-electron chi connectivity index (χ0n) is 13.3. The zero-order chi connectivity index (χ0) is 17.9. The first-order chi connectivity index (χ1) is 10.5. The number of benzene rings is 1. The van der Waals surface area contributed by atoms with Gasteiger partial charge in [0.25, 0.3) is 5.91 Å². The number of hydrogen-bond donors (Lipinski definition) is 1. The molecule has 23 heavy (non-hydrogen) atoms. The molecular weight excluding hydrogens is 316 g/mol. The first kappa shape index (κ1) is 18.9. The molecule has 0 saturated carbocycles. The lowest BCUT2D eigenvalue weighted by molar-refractivity contribution is -0.123. The summed E-state index contributed by atoms with van der Waals surface area (Å²) in [5.41, 5.74) is -1.51. The van der Waals surface area contributed by atoms with E-state index in [1.54, 1.807) is 20.8 Å². The van der Waals surface area contributed by atoms with E-state index in [0.29, 0.717) is 0 Å². The SMILES string of the molecule is CCN(CC(=O)NC(C)(C)C)C(=O)c1cc(F)c(F)c(F)c1F. The van der Waals surface area contributed by atoms with Gasteiger partial charge in [0.05, 0.1) is 12.1 Å². The minimum atomic E-state index is -2.07. The molecule has 0 atom stereocenters. The second-order valence-electron chi connectivity index (χ2n) is 5.97. The molecule has 0 bridgehead atoms. The molecule has 0 spiro atoms. The lowest BCUT2D eigenvalue weighted by atomic mass is 10.1. The van der Waals surface area contributed by atoms with Gasteiger partial charge in [0.2, 0.25) is 5.91 Å². The number of carbonyl (C=O) groups is 2. The predicted molar refractivity (Wildman–Crippen MR) is 75.7 cm³/mol. The van der Waals surface area contributed by atoms with Gasteiger partial charge in [-0.25, -0.2) is 17.6 Å². The molecule has 128 valence electrons. The van der Waals surface area contributed by atoms with E-state index in [4.69, 9.17) is 0 Å². The van der Waals surface area contributed by atoms with Crippen molar-refractivity contribution < 1.29 is 27.2 Å². The molecule has 0 aliphatic heterocycles. The second kappa shape index (κ2) is 6.97. The average molecular weight is 334 g/mol. The van der Waals surface area contributed by atoms with Gasteiger partial charge >= 0.3 is 0 Å². The van der Waals surface area contributed by atoms with Crippen LogP contribution in [0.5, 0.6) is 0 Å². The number of hydrogen-bond acceptors (Lipinski definition) is 2. The van der Waals surface area contributed by atoms with Crippen LogP contribution in [0.4, 0.5) is 17.6 Å². The molecule has 0 heterocycles. The Morgan fingerprint density at radius 1 is 1.09 bits per heavy atom. The minimum absolute atomic E-state index is 0.00352. The van der Waals surface area contributed by atoms with E-state index in [1.165, 1.54) is 6.92 Å². The number of rotatable bonds is 4. The van der Waals surface area contributed by atoms with E-state index in [0.717, 1.165) is 4.90 Å². The molecule has 0 fully saturated rings. The summed E-state index contributed by atoms with van der Waals surface area (Å²) in [6.07, 6.45) is 0. The Bertz CT molecular complexity index is 627. The quantitative estimate of drug-likeness (QED) is 0.523. The van der Waals surface area contributed by atoms with Crippen molar-refractivity contribution in [2.75, 3.05) is 13.1 Å². The highest BCUT2D eigenvalue weighted by atomic mass is 19.2. The van der Waals surface area contributed by atoms with Crippen LogP contribution in [0.1, 0.15) is 38.1 Å². The highest BCUT2D eigenvalue weighted by Gasteiger charge is 2.27. The summed E-state index contributed by atoms with van der Waals surface area (Å²) >= 11 is 0. The van der Waals surface area contributed by atoms with Crippen molar-refractivity contribution in [3.8, 4) is 0 Å². The van der Waals surface area contributed by atoms with Crippen molar-refractivity contribution >= 4 is 11.8 Å². The van der Waals surface area contributed by atoms with Gasteiger partial charge in [-0.15, -0.1) is 0 Å². The molecule has 0 radical (unpaired) electrons. The van der Waals surface area contributed by atoms with Crippen molar-refractivity contribution in [2.24, 2.45) is 0 Å². The Morgan fingerprint density at radius 2 is 1.65 bits per heavy atom. The van der Waals surface area contributed by atoms with Crippen molar-refractivity contribution in [3.05, 3.63) is 34.9 Å². The minimum Gasteiger partial charge on any atom is -0.350 e. The Kier molecular flexibility index (Phi) is 5.74. The third-order valence-electron chi connectivity index (χ3n) is 2.85. The molecule has 1 rings (SSSR count). The van der Waals surface area contributed by atoms with Crippen LogP contribution in [0.15, 0.2) is 6.07 Å². The van der Waals surface area contributed by atoms with Gasteiger partial charge in [0.1, 0.15) is 0 Å². The standard InChI is InChI=1S/C15H18F4N2O2/c1-5-21(7-10(22)20-15(2,3)4)14(23)8-6-9(16)12(18)13(19)11(8)17/h6H,5,7H2,1-4H3,(H,20,22). The van der Waals surface area contributed by atoms with Crippen LogP contribution in [0, 0.1) is 23.3 Å². The third kappa shape index (κ3) is 4.67. The number of halogens is 4. The van der Waals surface area contributed by atoms with Crippen LogP contribution in [0.2, 0.25) is 0 Å². The predicted octanol–water partition coefficient (Wildman–Crippen LogP) is 2.62. The van der Waals surface area contributed by atoms with Gasteiger partial charge in [-0.1, -0.05) is 0 Å². The molecular formula is C15H18F4N2O2. The lowest BCUT2D eigenvalue weighted by Crippen LogP contribution is -2.47. The average Bonchev–Trinajstić information content (AvgIpc) is 2.43. The van der Waals surface area contributed by atoms with E-state index < -0.39 is 52.7 Å². The number of carbonyl (C=O) groups excluding carboxylic acids is 2. The topological polar surface area (TPSA) is 49.4 Å². The zero-order valence-corrected chi connectivity index (χ0v) is 13.3. The van der Waals surface area contributed by atoms with Crippen molar-refractivity contribution in [2.45, 2.75) is 33.2 Å². The van der Waals surface area contributed by atoms with Gasteiger partial charge in [-0.3, -0.25) is 9.59 Å². The van der Waals surface area contributed by atoms with Crippen molar-refractivity contribution in [3.63, 3.8) is 0 Å². The first-order valence-electron chi connectivity index (χ1n) is 6.91. The first-order valence-corrected chi connectivity index (χ1v) is 6.91. The van der Waals surface area contributed by atoms with Crippen LogP contribution in [-0.4, -0.2) is 35.3 Å². The Labute approximate surface area is 131 Å². The molecule has 2 amide bonds. The molecule has 1 N–H and O–H groups in total. The molecule has 1 aromatic rings. The fraction of sp³-hybridized carbons (Fsp3) is 0.467. The fourth-order valence-corrected chi connectivity index (χ4v) is 1.86. The van der Waals surface area contributed by atoms with Gasteiger partial charge in [0, 0.05) is 12.1 Å². The normalized spacial score (nSPS) is 11.3. The van der Waals surface area contributed by atoms with Crippen LogP contribution in [0.25, 0.3) is 0 Å². The highest BCUT2D eigenvalue weighted by Crippen LogP contribution is 2.20. The number of nitrogens with one attached hydrogen (secondary N) is 1. The summed E-state index contributed by atoms with van der Waals surface area (Å²) < 4.78 is 53.0. The summed E-state index contributed by atoms with van der Waals surface area (Å²) in [6, 6.07) is 0.278. The van der Waals surface area contributed by atoms with E-state index in [-0.39, 0.29) is 12.6 Å². The molecule has 0 aliphatic rings. The number of likely N-dealkylation sites (N-methyl/N-ethyl adjacent to an activating group) is 1. The molecule has 4 nitrogen and oxygen atoms in total. The molecule has 8 heteroatoms. The van der Waals surface area contributed by atoms with E-state index in [2.05, 4.69) is 5.32 Å². The Balaban J connectivity index is 3.04. The number of amides is 2. The molecule has 1 aromatic carbocycles. The summed E-state index contributed by atoms with van der Waals surface area (Å²) in [6.45, 7) is 6.27. The molecule has 0 aliphatic carbocycles. The van der Waals surface area contributed by atoms with Gasteiger partial charge in [-0.2, -0.15) is 0 Å². The monoisotopic (exact) mass is 334 g/mol. The lowest BCUT2D eigenvalue weighted by Gasteiger charge is -2.25. The fourth-order valence-electron chi connectivity index (χ4n) is 1.86. The van der Waals surface area contributed by atoms with Crippen LogP contribution >= 0.6 is 0 Å². The Morgan fingerprint density at radius 3 is 2.13 bits per heavy atom. The largest absolute Gasteiger partial charge is 0.350 e. The van der Waals surface area contributed by atoms with Gasteiger partial charge in [0.15, 0.2) is 23.3 Å². The van der Waals surface area contributed by atoms with Crippen LogP contribution in [0.3, 0.4) is 0 Å². The molecule has 0 aromatic heterocycles. The van der Waals surface area contributed by atoms with Crippen molar-refractivity contribution in [1.82, 2.24) is 10.2 Å². The highest BCUT2D eigenvalue weighted by molar-refractivity contribution is 5.96. The van der Waals surface area contributed by atoms with Gasteiger partial charge < -0.3 is 10.2 Å². The maximum Gasteiger partial charge on any atom is 0.257 e. The van der Waals surface area contributed by atoms with Gasteiger partial charge in [-0.05, 0) is 33.8 Å². The summed E-state index contributed by atoms with van der Waals surface area (Å²) in [5.74, 6) is -9.15. The third-order valence-corrected chi connectivity index (χ3v) is 2.85. The van der Waals surface area contributed by atoms with E-state index >= 15 is 0 Å². The van der Waals surface area contributed by atoms with Crippen LogP contribution in [-0.2, 0) is 4.79 Å². The second-order valence-corrected chi connectivity index (χ2v) is 5.97. The Hall–Kier alpha value is -2.12. The van der Waals surface area contributed by atoms with E-state index in [9.17, 15) is 27.2 Å². The maximum atomic E-state index is 13.7. The van der Waals surface area contributed by atoms with Crippen molar-refractivity contribution in [1.29, 1.82) is 0 Å². The number of nitrogens with zero attached hydrogens (tertiary/aromatic N) is 1. The maximum absolute atomic E-state index is 13.7. The summed E-state index contributed by atoms with van der Waals surface area (Å²) in [4.78, 5) is 24.9. The van der Waals surface area contributed by atoms with E-state index in [1.807, 2.05) is 0 Å². The summed E-state index contributed by atoms with van der Waals surface area (Å²) in [5, 5.41) is 2.60. The molecule has 0 saturated heterocycles. The summed E-state index contributed by atoms with van der Waals surface area (Å²) in [7, 11) is 0. The molecule has 0 unspecified atom stereocenters. The smallest absolute Gasteiger partial charge is 0.257 e.